The molecule has 0 aliphatic carbocycles. The summed E-state index contributed by atoms with van der Waals surface area (Å²) in [7, 11) is 0. The second-order valence-corrected chi connectivity index (χ2v) is 4.44. The summed E-state index contributed by atoms with van der Waals surface area (Å²) in [6, 6.07) is 2.86. The smallest absolute Gasteiger partial charge is 0.354 e. The van der Waals surface area contributed by atoms with Crippen LogP contribution in [-0.2, 0) is 4.79 Å². The molecule has 5 nitrogen and oxygen atoms in total. The molecule has 0 atom stereocenters. The van der Waals surface area contributed by atoms with E-state index in [0.717, 1.165) is 0 Å². The minimum atomic E-state index is -1.09. The largest absolute Gasteiger partial charge is 0.477 e. The molecule has 1 aromatic heterocycles. The topological polar surface area (TPSA) is 79.3 Å². The predicted octanol–water partition coefficient (Wildman–Crippen LogP) is 1.76. The summed E-state index contributed by atoms with van der Waals surface area (Å²) >= 11 is 0. The van der Waals surface area contributed by atoms with E-state index < -0.39 is 11.4 Å². The monoisotopic (exact) mass is 222 g/mol. The van der Waals surface area contributed by atoms with Crippen molar-refractivity contribution in [3.05, 3.63) is 24.0 Å². The van der Waals surface area contributed by atoms with Gasteiger partial charge in [0.15, 0.2) is 0 Å². The molecular weight excluding hydrogens is 208 g/mol. The van der Waals surface area contributed by atoms with Gasteiger partial charge >= 0.3 is 5.97 Å². The van der Waals surface area contributed by atoms with Gasteiger partial charge in [-0.05, 0) is 12.1 Å². The third-order valence-corrected chi connectivity index (χ3v) is 1.92. The maximum absolute atomic E-state index is 11.6. The highest BCUT2D eigenvalue weighted by Crippen LogP contribution is 2.16. The van der Waals surface area contributed by atoms with E-state index in [4.69, 9.17) is 5.11 Å². The van der Waals surface area contributed by atoms with Crippen LogP contribution in [0.4, 0.5) is 5.69 Å². The number of anilines is 1. The lowest BCUT2D eigenvalue weighted by Crippen LogP contribution is -2.27. The highest BCUT2D eigenvalue weighted by Gasteiger charge is 2.21. The number of rotatable bonds is 2. The van der Waals surface area contributed by atoms with E-state index in [2.05, 4.69) is 10.3 Å². The third-order valence-electron chi connectivity index (χ3n) is 1.92. The summed E-state index contributed by atoms with van der Waals surface area (Å²) < 4.78 is 0. The van der Waals surface area contributed by atoms with E-state index in [-0.39, 0.29) is 11.6 Å². The van der Waals surface area contributed by atoms with Crippen molar-refractivity contribution in [2.45, 2.75) is 20.8 Å². The molecule has 0 bridgehead atoms. The van der Waals surface area contributed by atoms with Gasteiger partial charge in [-0.15, -0.1) is 0 Å². The fourth-order valence-electron chi connectivity index (χ4n) is 0.913. The van der Waals surface area contributed by atoms with Crippen molar-refractivity contribution in [1.29, 1.82) is 0 Å². The van der Waals surface area contributed by atoms with Crippen molar-refractivity contribution >= 4 is 17.6 Å². The number of aromatic carboxylic acids is 1. The molecule has 0 aliphatic rings. The van der Waals surface area contributed by atoms with Gasteiger partial charge in [0.25, 0.3) is 0 Å². The van der Waals surface area contributed by atoms with Gasteiger partial charge in [-0.25, -0.2) is 9.78 Å². The number of amides is 1. The van der Waals surface area contributed by atoms with Gasteiger partial charge in [0.05, 0.1) is 11.9 Å². The maximum atomic E-state index is 11.6. The molecule has 0 fully saturated rings. The number of hydrogen-bond donors (Lipinski definition) is 2. The molecule has 2 N–H and O–H groups in total. The molecule has 1 aromatic rings. The van der Waals surface area contributed by atoms with Gasteiger partial charge in [-0.2, -0.15) is 0 Å². The van der Waals surface area contributed by atoms with Gasteiger partial charge in [0.1, 0.15) is 5.69 Å². The first kappa shape index (κ1) is 12.2. The van der Waals surface area contributed by atoms with Crippen LogP contribution in [-0.4, -0.2) is 22.0 Å². The Morgan fingerprint density at radius 2 is 1.94 bits per heavy atom. The van der Waals surface area contributed by atoms with Crippen molar-refractivity contribution in [2.75, 3.05) is 5.32 Å². The Hall–Kier alpha value is -1.91. The average molecular weight is 222 g/mol. The fourth-order valence-corrected chi connectivity index (χ4v) is 0.913. The van der Waals surface area contributed by atoms with Crippen LogP contribution in [0.25, 0.3) is 0 Å². The van der Waals surface area contributed by atoms with E-state index in [9.17, 15) is 9.59 Å². The van der Waals surface area contributed by atoms with Crippen LogP contribution in [0.2, 0.25) is 0 Å². The van der Waals surface area contributed by atoms with Gasteiger partial charge in [0.2, 0.25) is 5.91 Å². The molecular formula is C11H14N2O3. The molecule has 0 aromatic carbocycles. The number of pyridine rings is 1. The van der Waals surface area contributed by atoms with E-state index in [1.807, 2.05) is 0 Å². The summed E-state index contributed by atoms with van der Waals surface area (Å²) in [4.78, 5) is 25.8. The second-order valence-electron chi connectivity index (χ2n) is 4.44. The van der Waals surface area contributed by atoms with Gasteiger partial charge in [-0.3, -0.25) is 4.79 Å². The normalized spacial score (nSPS) is 10.9. The lowest BCUT2D eigenvalue weighted by atomic mass is 9.95. The van der Waals surface area contributed by atoms with E-state index in [0.29, 0.717) is 5.69 Å². The van der Waals surface area contributed by atoms with Gasteiger partial charge in [0, 0.05) is 5.41 Å². The number of aromatic nitrogens is 1. The zero-order valence-electron chi connectivity index (χ0n) is 9.44. The Bertz CT molecular complexity index is 404. The Kier molecular flexibility index (Phi) is 3.27. The van der Waals surface area contributed by atoms with Crippen LogP contribution in [0.5, 0.6) is 0 Å². The number of hydrogen-bond acceptors (Lipinski definition) is 3. The van der Waals surface area contributed by atoms with E-state index in [1.54, 1.807) is 20.8 Å². The minimum Gasteiger partial charge on any atom is -0.477 e. The third kappa shape index (κ3) is 3.05. The van der Waals surface area contributed by atoms with Gasteiger partial charge < -0.3 is 10.4 Å². The highest BCUT2D eigenvalue weighted by molar-refractivity contribution is 5.94. The number of carboxylic acids is 1. The van der Waals surface area contributed by atoms with Crippen molar-refractivity contribution in [1.82, 2.24) is 4.98 Å². The molecule has 1 rings (SSSR count). The number of nitrogens with one attached hydrogen (secondary N) is 1. The molecule has 16 heavy (non-hydrogen) atoms. The average Bonchev–Trinajstić information content (AvgIpc) is 2.17. The molecule has 0 spiro atoms. The molecule has 0 radical (unpaired) electrons. The molecule has 0 aliphatic heterocycles. The van der Waals surface area contributed by atoms with Crippen molar-refractivity contribution in [3.8, 4) is 0 Å². The first-order valence-corrected chi connectivity index (χ1v) is 4.81. The molecule has 0 saturated carbocycles. The Morgan fingerprint density at radius 3 is 2.31 bits per heavy atom. The van der Waals surface area contributed by atoms with Gasteiger partial charge in [-0.1, -0.05) is 20.8 Å². The molecule has 1 amide bonds. The first-order chi connectivity index (χ1) is 7.30. The lowest BCUT2D eigenvalue weighted by Gasteiger charge is -2.17. The number of carbonyl (C=O) groups is 2. The molecule has 1 heterocycles. The summed E-state index contributed by atoms with van der Waals surface area (Å²) in [5.41, 5.74) is -0.0513. The fraction of sp³-hybridized carbons (Fsp3) is 0.364. The van der Waals surface area contributed by atoms with Crippen molar-refractivity contribution < 1.29 is 14.7 Å². The molecule has 5 heteroatoms. The standard InChI is InChI=1S/C11H14N2O3/c1-11(2,3)10(16)13-7-4-5-8(9(14)15)12-6-7/h4-6H,1-3H3,(H,13,16)(H,14,15). The SMILES string of the molecule is CC(C)(C)C(=O)Nc1ccc(C(=O)O)nc1. The van der Waals surface area contributed by atoms with Crippen LogP contribution >= 0.6 is 0 Å². The number of carbonyl (C=O) groups excluding carboxylic acids is 1. The number of nitrogens with zero attached hydrogens (tertiary/aromatic N) is 1. The summed E-state index contributed by atoms with van der Waals surface area (Å²) in [6.07, 6.45) is 1.33. The highest BCUT2D eigenvalue weighted by atomic mass is 16.4. The summed E-state index contributed by atoms with van der Waals surface area (Å²) in [5, 5.41) is 11.3. The van der Waals surface area contributed by atoms with Crippen LogP contribution in [0, 0.1) is 5.41 Å². The quantitative estimate of drug-likeness (QED) is 0.799. The Balaban J connectivity index is 2.77. The first-order valence-electron chi connectivity index (χ1n) is 4.81. The Morgan fingerprint density at radius 1 is 1.31 bits per heavy atom. The summed E-state index contributed by atoms with van der Waals surface area (Å²) in [5.74, 6) is -1.23. The van der Waals surface area contributed by atoms with Crippen molar-refractivity contribution in [2.24, 2.45) is 5.41 Å². The molecule has 0 saturated heterocycles. The molecule has 0 unspecified atom stereocenters. The zero-order chi connectivity index (χ0) is 12.3. The second kappa shape index (κ2) is 4.30. The zero-order valence-corrected chi connectivity index (χ0v) is 9.44. The van der Waals surface area contributed by atoms with Crippen LogP contribution < -0.4 is 5.32 Å². The van der Waals surface area contributed by atoms with E-state index >= 15 is 0 Å². The molecule has 86 valence electrons. The predicted molar refractivity (Wildman–Crippen MR) is 59.3 cm³/mol. The lowest BCUT2D eigenvalue weighted by molar-refractivity contribution is -0.123. The maximum Gasteiger partial charge on any atom is 0.354 e. The van der Waals surface area contributed by atoms with E-state index in [1.165, 1.54) is 18.3 Å². The van der Waals surface area contributed by atoms with Crippen molar-refractivity contribution in [3.63, 3.8) is 0 Å². The summed E-state index contributed by atoms with van der Waals surface area (Å²) in [6.45, 7) is 5.38. The van der Waals surface area contributed by atoms with Crippen LogP contribution in [0.1, 0.15) is 31.3 Å². The Labute approximate surface area is 93.5 Å². The minimum absolute atomic E-state index is 0.0474. The van der Waals surface area contributed by atoms with Crippen LogP contribution in [0.15, 0.2) is 18.3 Å². The van der Waals surface area contributed by atoms with Crippen LogP contribution in [0.3, 0.4) is 0 Å². The number of carboxylic acid groups (broad SMARTS) is 1.